The van der Waals surface area contributed by atoms with E-state index in [0.717, 1.165) is 12.1 Å². The van der Waals surface area contributed by atoms with Crippen LogP contribution in [0, 0.1) is 11.6 Å². The minimum Gasteiger partial charge on any atom is -0.394 e. The van der Waals surface area contributed by atoms with Gasteiger partial charge >= 0.3 is 0 Å². The summed E-state index contributed by atoms with van der Waals surface area (Å²) in [5.41, 5.74) is 4.50. The molecule has 0 aliphatic carbocycles. The molecule has 3 N–H and O–H groups in total. The summed E-state index contributed by atoms with van der Waals surface area (Å²) in [7, 11) is 0. The van der Waals surface area contributed by atoms with Crippen molar-refractivity contribution in [1.29, 1.82) is 0 Å². The molecule has 1 fully saturated rings. The van der Waals surface area contributed by atoms with Gasteiger partial charge in [0.2, 0.25) is 0 Å². The molecule has 1 aliphatic rings. The van der Waals surface area contributed by atoms with E-state index < -0.39 is 29.3 Å². The molecule has 1 aromatic rings. The van der Waals surface area contributed by atoms with Crippen LogP contribution in [0.1, 0.15) is 23.2 Å². The summed E-state index contributed by atoms with van der Waals surface area (Å²) in [4.78, 5) is 13.5. The fourth-order valence-corrected chi connectivity index (χ4v) is 1.96. The fourth-order valence-electron chi connectivity index (χ4n) is 1.96. The van der Waals surface area contributed by atoms with Crippen LogP contribution < -0.4 is 5.73 Å². The van der Waals surface area contributed by atoms with Gasteiger partial charge in [0, 0.05) is 18.7 Å². The summed E-state index contributed by atoms with van der Waals surface area (Å²) < 4.78 is 26.5. The van der Waals surface area contributed by atoms with Crippen molar-refractivity contribution in [1.82, 2.24) is 4.90 Å². The van der Waals surface area contributed by atoms with E-state index in [1.165, 1.54) is 4.90 Å². The molecule has 0 unspecified atom stereocenters. The topological polar surface area (TPSA) is 66.6 Å². The molecule has 0 atom stereocenters. The van der Waals surface area contributed by atoms with E-state index in [-0.39, 0.29) is 5.56 Å². The van der Waals surface area contributed by atoms with Crippen molar-refractivity contribution in [2.45, 2.75) is 18.9 Å². The van der Waals surface area contributed by atoms with Crippen molar-refractivity contribution < 1.29 is 18.7 Å². The molecule has 4 nitrogen and oxygen atoms in total. The van der Waals surface area contributed by atoms with Gasteiger partial charge in [0.05, 0.1) is 6.10 Å². The molecular formula is C12H14F2N2O2. The van der Waals surface area contributed by atoms with Gasteiger partial charge in [-0.1, -0.05) is 0 Å². The lowest BCUT2D eigenvalue weighted by Crippen LogP contribution is -2.40. The Morgan fingerprint density at radius 3 is 2.28 bits per heavy atom. The van der Waals surface area contributed by atoms with Gasteiger partial charge in [-0.2, -0.15) is 0 Å². The number of carbonyl (C=O) groups is 1. The Hall–Kier alpha value is -1.69. The van der Waals surface area contributed by atoms with Gasteiger partial charge < -0.3 is 15.7 Å². The lowest BCUT2D eigenvalue weighted by atomic mass is 10.1. The van der Waals surface area contributed by atoms with Crippen LogP contribution in [0.2, 0.25) is 0 Å². The van der Waals surface area contributed by atoms with E-state index in [4.69, 9.17) is 5.73 Å². The molecule has 0 bridgehead atoms. The zero-order valence-corrected chi connectivity index (χ0v) is 9.70. The summed E-state index contributed by atoms with van der Waals surface area (Å²) in [5, 5.41) is 9.33. The van der Waals surface area contributed by atoms with E-state index in [1.54, 1.807) is 0 Å². The number of nitrogen functional groups attached to an aromatic ring is 1. The number of likely N-dealkylation sites (tertiary alicyclic amines) is 1. The number of nitrogens with two attached hydrogens (primary N) is 1. The van der Waals surface area contributed by atoms with Gasteiger partial charge in [-0.25, -0.2) is 8.78 Å². The number of amides is 1. The third kappa shape index (κ3) is 2.43. The van der Waals surface area contributed by atoms with Crippen molar-refractivity contribution in [3.05, 3.63) is 29.3 Å². The SMILES string of the molecule is Nc1c(F)cc(C(=O)N2CCC(O)CC2)cc1F. The van der Waals surface area contributed by atoms with Crippen molar-refractivity contribution >= 4 is 11.6 Å². The molecule has 0 spiro atoms. The van der Waals surface area contributed by atoms with Crippen LogP contribution in [0.15, 0.2) is 12.1 Å². The first-order valence-electron chi connectivity index (χ1n) is 5.71. The number of halogens is 2. The first kappa shape index (κ1) is 12.8. The van der Waals surface area contributed by atoms with E-state index >= 15 is 0 Å². The molecule has 1 amide bonds. The van der Waals surface area contributed by atoms with Crippen molar-refractivity contribution in [2.75, 3.05) is 18.8 Å². The Morgan fingerprint density at radius 1 is 1.28 bits per heavy atom. The highest BCUT2D eigenvalue weighted by Gasteiger charge is 2.23. The molecular weight excluding hydrogens is 242 g/mol. The lowest BCUT2D eigenvalue weighted by molar-refractivity contribution is 0.0545. The molecule has 1 heterocycles. The van der Waals surface area contributed by atoms with Crippen LogP contribution in [-0.2, 0) is 0 Å². The highest BCUT2D eigenvalue weighted by molar-refractivity contribution is 5.94. The van der Waals surface area contributed by atoms with E-state index in [9.17, 15) is 18.7 Å². The van der Waals surface area contributed by atoms with Gasteiger partial charge in [0.1, 0.15) is 17.3 Å². The second kappa shape index (κ2) is 4.89. The summed E-state index contributed by atoms with van der Waals surface area (Å²) in [6.07, 6.45) is 0.547. The van der Waals surface area contributed by atoms with Gasteiger partial charge in [0.15, 0.2) is 0 Å². The van der Waals surface area contributed by atoms with Crippen LogP contribution >= 0.6 is 0 Å². The zero-order valence-electron chi connectivity index (χ0n) is 9.70. The summed E-state index contributed by atoms with van der Waals surface area (Å²) in [6.45, 7) is 0.765. The second-order valence-corrected chi connectivity index (χ2v) is 4.38. The van der Waals surface area contributed by atoms with E-state index in [0.29, 0.717) is 25.9 Å². The maximum atomic E-state index is 13.3. The predicted octanol–water partition coefficient (Wildman–Crippen LogP) is 1.14. The van der Waals surface area contributed by atoms with Gasteiger partial charge in [-0.05, 0) is 25.0 Å². The Kier molecular flexibility index (Phi) is 3.47. The zero-order chi connectivity index (χ0) is 13.3. The standard InChI is InChI=1S/C12H14F2N2O2/c13-9-5-7(6-10(14)11(9)15)12(18)16-3-1-8(17)2-4-16/h5-6,8,17H,1-4,15H2. The molecule has 0 aromatic heterocycles. The highest BCUT2D eigenvalue weighted by atomic mass is 19.1. The maximum Gasteiger partial charge on any atom is 0.254 e. The lowest BCUT2D eigenvalue weighted by Gasteiger charge is -2.29. The van der Waals surface area contributed by atoms with Crippen molar-refractivity contribution in [3.63, 3.8) is 0 Å². The quantitative estimate of drug-likeness (QED) is 0.740. The molecule has 1 aliphatic heterocycles. The number of piperidine rings is 1. The van der Waals surface area contributed by atoms with Crippen LogP contribution in [0.4, 0.5) is 14.5 Å². The summed E-state index contributed by atoms with van der Waals surface area (Å²) >= 11 is 0. The number of hydrogen-bond acceptors (Lipinski definition) is 3. The highest BCUT2D eigenvalue weighted by Crippen LogP contribution is 2.20. The van der Waals surface area contributed by atoms with Crippen molar-refractivity contribution in [3.8, 4) is 0 Å². The third-order valence-electron chi connectivity index (χ3n) is 3.08. The van der Waals surface area contributed by atoms with E-state index in [2.05, 4.69) is 0 Å². The smallest absolute Gasteiger partial charge is 0.254 e. The predicted molar refractivity (Wildman–Crippen MR) is 61.9 cm³/mol. The first-order valence-corrected chi connectivity index (χ1v) is 5.71. The average Bonchev–Trinajstić information content (AvgIpc) is 2.35. The molecule has 0 radical (unpaired) electrons. The summed E-state index contributed by atoms with van der Waals surface area (Å²) in [5.74, 6) is -2.31. The molecule has 1 saturated heterocycles. The van der Waals surface area contributed by atoms with Crippen LogP contribution in [0.5, 0.6) is 0 Å². The van der Waals surface area contributed by atoms with Crippen molar-refractivity contribution in [2.24, 2.45) is 0 Å². The molecule has 0 saturated carbocycles. The Balaban J connectivity index is 2.19. The molecule has 1 aromatic carbocycles. The molecule has 98 valence electrons. The Bertz CT molecular complexity index is 448. The van der Waals surface area contributed by atoms with E-state index in [1.807, 2.05) is 0 Å². The Morgan fingerprint density at radius 2 is 1.78 bits per heavy atom. The number of anilines is 1. The number of hydrogen-bond donors (Lipinski definition) is 2. The number of benzene rings is 1. The van der Waals surface area contributed by atoms with Crippen LogP contribution in [0.25, 0.3) is 0 Å². The second-order valence-electron chi connectivity index (χ2n) is 4.38. The van der Waals surface area contributed by atoms with Gasteiger partial charge in [-0.3, -0.25) is 4.79 Å². The average molecular weight is 256 g/mol. The van der Waals surface area contributed by atoms with Gasteiger partial charge in [-0.15, -0.1) is 0 Å². The summed E-state index contributed by atoms with van der Waals surface area (Å²) in [6, 6.07) is 1.87. The van der Waals surface area contributed by atoms with Gasteiger partial charge in [0.25, 0.3) is 5.91 Å². The maximum absolute atomic E-state index is 13.3. The minimum atomic E-state index is -0.935. The van der Waals surface area contributed by atoms with Crippen LogP contribution in [0.3, 0.4) is 0 Å². The number of carbonyl (C=O) groups excluding carboxylic acids is 1. The Labute approximate surface area is 103 Å². The molecule has 2 rings (SSSR count). The molecule has 6 heteroatoms. The number of aliphatic hydroxyl groups is 1. The normalized spacial score (nSPS) is 16.9. The largest absolute Gasteiger partial charge is 0.394 e. The number of aliphatic hydroxyl groups excluding tert-OH is 1. The molecule has 18 heavy (non-hydrogen) atoms. The minimum absolute atomic E-state index is 0.0596. The third-order valence-corrected chi connectivity index (χ3v) is 3.08. The monoisotopic (exact) mass is 256 g/mol. The number of rotatable bonds is 1. The first-order chi connectivity index (χ1) is 8.49. The number of nitrogens with zero attached hydrogens (tertiary/aromatic N) is 1. The fraction of sp³-hybridized carbons (Fsp3) is 0.417. The van der Waals surface area contributed by atoms with Crippen LogP contribution in [-0.4, -0.2) is 35.1 Å².